The maximum absolute atomic E-state index is 2.75. The van der Waals surface area contributed by atoms with Crippen molar-refractivity contribution in [3.8, 4) is 0 Å². The molecule has 4 atom stereocenters. The topological polar surface area (TPSA) is 6.48 Å². The molecule has 2 nitrogen and oxygen atoms in total. The van der Waals surface area contributed by atoms with Crippen LogP contribution < -0.4 is 0 Å². The summed E-state index contributed by atoms with van der Waals surface area (Å²) in [5.74, 6) is 0. The predicted molar refractivity (Wildman–Crippen MR) is 79.0 cm³/mol. The summed E-state index contributed by atoms with van der Waals surface area (Å²) in [6, 6.07) is 3.18. The van der Waals surface area contributed by atoms with Gasteiger partial charge in [-0.05, 0) is 53.4 Å². The monoisotopic (exact) mass is 252 g/mol. The Balaban J connectivity index is 1.85. The molecule has 2 aliphatic rings. The van der Waals surface area contributed by atoms with E-state index < -0.39 is 0 Å². The molecule has 0 spiro atoms. The molecule has 0 aromatic heterocycles. The van der Waals surface area contributed by atoms with Crippen molar-refractivity contribution in [1.82, 2.24) is 9.80 Å². The molecule has 0 radical (unpaired) electrons. The zero-order valence-electron chi connectivity index (χ0n) is 12.9. The highest BCUT2D eigenvalue weighted by atomic mass is 15.3. The summed E-state index contributed by atoms with van der Waals surface area (Å²) in [5, 5.41) is 0. The molecule has 0 amide bonds. The van der Waals surface area contributed by atoms with Crippen molar-refractivity contribution in [2.75, 3.05) is 13.1 Å². The van der Waals surface area contributed by atoms with Crippen LogP contribution in [0.5, 0.6) is 0 Å². The number of hydrogen-bond acceptors (Lipinski definition) is 2. The maximum atomic E-state index is 2.75. The molecule has 106 valence electrons. The van der Waals surface area contributed by atoms with E-state index in [9.17, 15) is 0 Å². The lowest BCUT2D eigenvalue weighted by atomic mass is 9.96. The standard InChI is InChI=1S/C16H32N2/c1-13-7-5-8-14(2)17(13)11-12-18-15(3)9-6-10-16(18)4/h13-16H,5-12H2,1-4H3/t13-,14-,15-,16+/m1/s1. The summed E-state index contributed by atoms with van der Waals surface area (Å²) in [6.45, 7) is 12.2. The molecule has 0 bridgehead atoms. The van der Waals surface area contributed by atoms with Crippen LogP contribution in [-0.2, 0) is 0 Å². The zero-order chi connectivity index (χ0) is 13.1. The van der Waals surface area contributed by atoms with Gasteiger partial charge in [-0.1, -0.05) is 12.8 Å². The Morgan fingerprint density at radius 1 is 0.611 bits per heavy atom. The van der Waals surface area contributed by atoms with Gasteiger partial charge in [-0.2, -0.15) is 0 Å². The molecule has 2 rings (SSSR count). The molecule has 18 heavy (non-hydrogen) atoms. The van der Waals surface area contributed by atoms with Gasteiger partial charge >= 0.3 is 0 Å². The first-order chi connectivity index (χ1) is 8.59. The molecule has 2 saturated heterocycles. The largest absolute Gasteiger partial charge is 0.297 e. The normalized spacial score (nSPS) is 40.0. The summed E-state index contributed by atoms with van der Waals surface area (Å²) in [7, 11) is 0. The van der Waals surface area contributed by atoms with E-state index in [4.69, 9.17) is 0 Å². The van der Waals surface area contributed by atoms with Crippen molar-refractivity contribution >= 4 is 0 Å². The van der Waals surface area contributed by atoms with Gasteiger partial charge in [0.25, 0.3) is 0 Å². The SMILES string of the molecule is C[C@@H]1CCC[C@@H](C)N1CCN1[C@H](C)CCC[C@@H]1C. The molecule has 2 fully saturated rings. The second-order valence-corrected chi connectivity index (χ2v) is 6.73. The number of rotatable bonds is 3. The number of nitrogens with zero attached hydrogens (tertiary/aromatic N) is 2. The van der Waals surface area contributed by atoms with Crippen LogP contribution in [0.3, 0.4) is 0 Å². The van der Waals surface area contributed by atoms with Gasteiger partial charge in [0.15, 0.2) is 0 Å². The maximum Gasteiger partial charge on any atom is 0.0115 e. The molecule has 2 heterocycles. The van der Waals surface area contributed by atoms with E-state index in [1.165, 1.54) is 51.6 Å². The lowest BCUT2D eigenvalue weighted by Gasteiger charge is -2.43. The van der Waals surface area contributed by atoms with Crippen molar-refractivity contribution in [2.24, 2.45) is 0 Å². The minimum Gasteiger partial charge on any atom is -0.297 e. The average Bonchev–Trinajstić information content (AvgIpc) is 2.31. The number of piperidine rings is 2. The van der Waals surface area contributed by atoms with Crippen molar-refractivity contribution in [2.45, 2.75) is 90.4 Å². The van der Waals surface area contributed by atoms with Gasteiger partial charge in [0.05, 0.1) is 0 Å². The second-order valence-electron chi connectivity index (χ2n) is 6.73. The van der Waals surface area contributed by atoms with Crippen LogP contribution in [0, 0.1) is 0 Å². The lowest BCUT2D eigenvalue weighted by molar-refractivity contribution is 0.0509. The highest BCUT2D eigenvalue weighted by Crippen LogP contribution is 2.25. The fourth-order valence-corrected chi connectivity index (χ4v) is 4.06. The Labute approximate surface area is 114 Å². The minimum atomic E-state index is 0.796. The fourth-order valence-electron chi connectivity index (χ4n) is 4.06. The van der Waals surface area contributed by atoms with Gasteiger partial charge < -0.3 is 0 Å². The van der Waals surface area contributed by atoms with Crippen LogP contribution in [0.2, 0.25) is 0 Å². The van der Waals surface area contributed by atoms with E-state index >= 15 is 0 Å². The van der Waals surface area contributed by atoms with Crippen molar-refractivity contribution in [3.63, 3.8) is 0 Å². The second kappa shape index (κ2) is 6.38. The Morgan fingerprint density at radius 2 is 0.889 bits per heavy atom. The molecule has 0 N–H and O–H groups in total. The van der Waals surface area contributed by atoms with Gasteiger partial charge in [0.2, 0.25) is 0 Å². The van der Waals surface area contributed by atoms with Crippen LogP contribution in [0.15, 0.2) is 0 Å². The fraction of sp³-hybridized carbons (Fsp3) is 1.00. The summed E-state index contributed by atoms with van der Waals surface area (Å²) in [5.41, 5.74) is 0. The van der Waals surface area contributed by atoms with Gasteiger partial charge in [0.1, 0.15) is 0 Å². The summed E-state index contributed by atoms with van der Waals surface area (Å²) < 4.78 is 0. The van der Waals surface area contributed by atoms with Crippen LogP contribution in [0.1, 0.15) is 66.2 Å². The molecular formula is C16H32N2. The first-order valence-electron chi connectivity index (χ1n) is 8.11. The van der Waals surface area contributed by atoms with Crippen LogP contribution >= 0.6 is 0 Å². The van der Waals surface area contributed by atoms with E-state index in [1.54, 1.807) is 0 Å². The molecule has 0 aromatic rings. The zero-order valence-corrected chi connectivity index (χ0v) is 12.9. The highest BCUT2D eigenvalue weighted by molar-refractivity contribution is 4.84. The van der Waals surface area contributed by atoms with Crippen molar-refractivity contribution in [3.05, 3.63) is 0 Å². The molecule has 0 aliphatic carbocycles. The first-order valence-corrected chi connectivity index (χ1v) is 8.11. The van der Waals surface area contributed by atoms with Crippen molar-refractivity contribution < 1.29 is 0 Å². The summed E-state index contributed by atoms with van der Waals surface area (Å²) in [6.07, 6.45) is 8.44. The minimum absolute atomic E-state index is 0.796. The molecular weight excluding hydrogens is 220 g/mol. The summed E-state index contributed by atoms with van der Waals surface area (Å²) in [4.78, 5) is 5.50. The molecule has 0 saturated carbocycles. The summed E-state index contributed by atoms with van der Waals surface area (Å²) >= 11 is 0. The van der Waals surface area contributed by atoms with E-state index in [0.717, 1.165) is 24.2 Å². The highest BCUT2D eigenvalue weighted by Gasteiger charge is 2.28. The quantitative estimate of drug-likeness (QED) is 0.758. The van der Waals surface area contributed by atoms with Gasteiger partial charge in [-0.3, -0.25) is 9.80 Å². The molecule has 2 heteroatoms. The average molecular weight is 252 g/mol. The Hall–Kier alpha value is -0.0800. The van der Waals surface area contributed by atoms with Gasteiger partial charge in [-0.25, -0.2) is 0 Å². The number of likely N-dealkylation sites (tertiary alicyclic amines) is 2. The van der Waals surface area contributed by atoms with Gasteiger partial charge in [-0.15, -0.1) is 0 Å². The third-order valence-electron chi connectivity index (χ3n) is 5.37. The lowest BCUT2D eigenvalue weighted by Crippen LogP contribution is -2.51. The molecule has 2 aliphatic heterocycles. The van der Waals surface area contributed by atoms with Crippen LogP contribution in [0.25, 0.3) is 0 Å². The van der Waals surface area contributed by atoms with Crippen LogP contribution in [-0.4, -0.2) is 47.1 Å². The first kappa shape index (κ1) is 14.3. The number of hydrogen-bond donors (Lipinski definition) is 0. The smallest absolute Gasteiger partial charge is 0.0115 e. The van der Waals surface area contributed by atoms with Gasteiger partial charge in [0, 0.05) is 37.3 Å². The predicted octanol–water partition coefficient (Wildman–Crippen LogP) is 3.51. The third-order valence-corrected chi connectivity index (χ3v) is 5.37. The van der Waals surface area contributed by atoms with Crippen molar-refractivity contribution in [1.29, 1.82) is 0 Å². The van der Waals surface area contributed by atoms with E-state index in [-0.39, 0.29) is 0 Å². The Morgan fingerprint density at radius 3 is 1.17 bits per heavy atom. The third kappa shape index (κ3) is 3.27. The van der Waals surface area contributed by atoms with E-state index in [1.807, 2.05) is 0 Å². The van der Waals surface area contributed by atoms with E-state index in [2.05, 4.69) is 37.5 Å². The van der Waals surface area contributed by atoms with Crippen LogP contribution in [0.4, 0.5) is 0 Å². The molecule has 0 aromatic carbocycles. The Kier molecular flexibility index (Phi) is 5.08. The Bertz CT molecular complexity index is 207. The molecule has 0 unspecified atom stereocenters. The van der Waals surface area contributed by atoms with E-state index in [0.29, 0.717) is 0 Å².